The van der Waals surface area contributed by atoms with Crippen LogP contribution in [0.2, 0.25) is 0 Å². The van der Waals surface area contributed by atoms with E-state index in [2.05, 4.69) is 5.32 Å². The molecule has 2 N–H and O–H groups in total. The van der Waals surface area contributed by atoms with Crippen LogP contribution in [-0.4, -0.2) is 7.05 Å². The monoisotopic (exact) mass is 126 g/mol. The van der Waals surface area contributed by atoms with Gasteiger partial charge in [0.05, 0.1) is 7.05 Å². The van der Waals surface area contributed by atoms with Crippen LogP contribution in [0.25, 0.3) is 0 Å². The molecule has 0 unspecified atom stereocenters. The van der Waals surface area contributed by atoms with Gasteiger partial charge in [0.2, 0.25) is 0 Å². The zero-order valence-electron chi connectivity index (χ0n) is 5.85. The average molecular weight is 126 g/mol. The number of aryl methyl sites for hydroxylation is 1. The molecule has 0 atom stereocenters. The van der Waals surface area contributed by atoms with Crippen molar-refractivity contribution in [1.29, 1.82) is 0 Å². The Labute approximate surface area is 54.9 Å². The van der Waals surface area contributed by atoms with Gasteiger partial charge >= 0.3 is 0 Å². The summed E-state index contributed by atoms with van der Waals surface area (Å²) in [7, 11) is 2.03. The minimum absolute atomic E-state index is 0.938. The Morgan fingerprint density at radius 1 is 1.56 bits per heavy atom. The van der Waals surface area contributed by atoms with Crippen LogP contribution in [0.3, 0.4) is 0 Å². The van der Waals surface area contributed by atoms with Crippen molar-refractivity contribution < 1.29 is 9.73 Å². The molecule has 2 nitrogen and oxygen atoms in total. The Morgan fingerprint density at radius 3 is 2.78 bits per heavy atom. The van der Waals surface area contributed by atoms with Gasteiger partial charge in [-0.05, 0) is 19.1 Å². The third kappa shape index (κ3) is 1.57. The van der Waals surface area contributed by atoms with Crippen molar-refractivity contribution in [3.05, 3.63) is 23.7 Å². The predicted octanol–water partition coefficient (Wildman–Crippen LogP) is 0.281. The Balaban J connectivity index is 2.61. The van der Waals surface area contributed by atoms with E-state index < -0.39 is 0 Å². The lowest BCUT2D eigenvalue weighted by molar-refractivity contribution is -0.645. The minimum Gasteiger partial charge on any atom is -0.460 e. The molecule has 0 bridgehead atoms. The number of furan rings is 1. The van der Waals surface area contributed by atoms with Crippen LogP contribution < -0.4 is 5.32 Å². The summed E-state index contributed by atoms with van der Waals surface area (Å²) in [5.41, 5.74) is 0. The first kappa shape index (κ1) is 6.36. The molecule has 0 aliphatic carbocycles. The van der Waals surface area contributed by atoms with Gasteiger partial charge < -0.3 is 9.73 Å². The maximum atomic E-state index is 5.29. The Bertz CT molecular complexity index is 181. The second-order valence-corrected chi connectivity index (χ2v) is 2.12. The lowest BCUT2D eigenvalue weighted by Crippen LogP contribution is -2.77. The van der Waals surface area contributed by atoms with Crippen molar-refractivity contribution in [3.63, 3.8) is 0 Å². The van der Waals surface area contributed by atoms with E-state index in [-0.39, 0.29) is 0 Å². The molecule has 0 aliphatic heterocycles. The molecule has 0 spiro atoms. The molecule has 50 valence electrons. The van der Waals surface area contributed by atoms with E-state index in [9.17, 15) is 0 Å². The van der Waals surface area contributed by atoms with Gasteiger partial charge in [0.25, 0.3) is 0 Å². The maximum Gasteiger partial charge on any atom is 0.158 e. The van der Waals surface area contributed by atoms with E-state index in [1.165, 1.54) is 0 Å². The molecule has 0 fully saturated rings. The van der Waals surface area contributed by atoms with Crippen molar-refractivity contribution >= 4 is 0 Å². The van der Waals surface area contributed by atoms with Crippen LogP contribution in [0, 0.1) is 6.92 Å². The third-order valence-corrected chi connectivity index (χ3v) is 1.20. The van der Waals surface area contributed by atoms with Crippen molar-refractivity contribution in [2.45, 2.75) is 13.5 Å². The Morgan fingerprint density at radius 2 is 2.33 bits per heavy atom. The van der Waals surface area contributed by atoms with Crippen LogP contribution in [-0.2, 0) is 6.54 Å². The number of quaternary nitrogens is 1. The predicted molar refractivity (Wildman–Crippen MR) is 35.0 cm³/mol. The zero-order chi connectivity index (χ0) is 6.69. The smallest absolute Gasteiger partial charge is 0.158 e. The summed E-state index contributed by atoms with van der Waals surface area (Å²) in [6.07, 6.45) is 0. The molecule has 9 heavy (non-hydrogen) atoms. The highest BCUT2D eigenvalue weighted by atomic mass is 16.3. The Kier molecular flexibility index (Phi) is 1.90. The molecule has 1 aromatic heterocycles. The fourth-order valence-electron chi connectivity index (χ4n) is 0.796. The molecular weight excluding hydrogens is 114 g/mol. The number of hydrogen-bond acceptors (Lipinski definition) is 1. The van der Waals surface area contributed by atoms with Gasteiger partial charge in [-0.15, -0.1) is 0 Å². The lowest BCUT2D eigenvalue weighted by atomic mass is 10.4. The van der Waals surface area contributed by atoms with E-state index in [4.69, 9.17) is 4.42 Å². The first-order chi connectivity index (χ1) is 4.33. The summed E-state index contributed by atoms with van der Waals surface area (Å²) in [4.78, 5) is 0. The number of rotatable bonds is 2. The van der Waals surface area contributed by atoms with E-state index >= 15 is 0 Å². The first-order valence-electron chi connectivity index (χ1n) is 3.16. The molecule has 2 heteroatoms. The number of nitrogens with two attached hydrogens (primary N) is 1. The van der Waals surface area contributed by atoms with Gasteiger partial charge in [-0.2, -0.15) is 0 Å². The van der Waals surface area contributed by atoms with Gasteiger partial charge in [-0.1, -0.05) is 0 Å². The van der Waals surface area contributed by atoms with Crippen LogP contribution in [0.1, 0.15) is 11.5 Å². The van der Waals surface area contributed by atoms with E-state index in [1.807, 2.05) is 26.1 Å². The zero-order valence-corrected chi connectivity index (χ0v) is 5.85. The van der Waals surface area contributed by atoms with Crippen LogP contribution in [0.15, 0.2) is 16.5 Å². The summed E-state index contributed by atoms with van der Waals surface area (Å²) in [6, 6.07) is 3.99. The molecular formula is C7H12NO+. The standard InChI is InChI=1S/C7H11NO/c1-6-3-4-7(9-6)5-8-2/h3-4,8H,5H2,1-2H3/p+1. The second-order valence-electron chi connectivity index (χ2n) is 2.12. The van der Waals surface area contributed by atoms with E-state index in [1.54, 1.807) is 0 Å². The average Bonchev–Trinajstić information content (AvgIpc) is 2.17. The summed E-state index contributed by atoms with van der Waals surface area (Å²) < 4.78 is 5.29. The SMILES string of the molecule is C[NH2+]Cc1ccc(C)o1. The van der Waals surface area contributed by atoms with Crippen LogP contribution in [0.5, 0.6) is 0 Å². The third-order valence-electron chi connectivity index (χ3n) is 1.20. The molecule has 0 amide bonds. The highest BCUT2D eigenvalue weighted by molar-refractivity contribution is 5.03. The summed E-state index contributed by atoms with van der Waals surface area (Å²) in [6.45, 7) is 2.90. The molecule has 0 aromatic carbocycles. The van der Waals surface area contributed by atoms with Gasteiger partial charge in [0.15, 0.2) is 5.76 Å². The lowest BCUT2D eigenvalue weighted by Gasteiger charge is -1.87. The highest BCUT2D eigenvalue weighted by Crippen LogP contribution is 2.03. The highest BCUT2D eigenvalue weighted by Gasteiger charge is 1.96. The van der Waals surface area contributed by atoms with E-state index in [0.717, 1.165) is 18.1 Å². The summed E-state index contributed by atoms with van der Waals surface area (Å²) in [5, 5.41) is 2.08. The van der Waals surface area contributed by atoms with Gasteiger partial charge in [-0.3, -0.25) is 0 Å². The van der Waals surface area contributed by atoms with Crippen molar-refractivity contribution in [2.75, 3.05) is 7.05 Å². The maximum absolute atomic E-state index is 5.29. The van der Waals surface area contributed by atoms with Gasteiger partial charge in [0, 0.05) is 0 Å². The van der Waals surface area contributed by atoms with Gasteiger partial charge in [-0.25, -0.2) is 0 Å². The molecule has 1 heterocycles. The molecule has 0 saturated carbocycles. The van der Waals surface area contributed by atoms with Gasteiger partial charge in [0.1, 0.15) is 12.3 Å². The number of hydrogen-bond donors (Lipinski definition) is 1. The van der Waals surface area contributed by atoms with Crippen molar-refractivity contribution in [3.8, 4) is 0 Å². The largest absolute Gasteiger partial charge is 0.460 e. The molecule has 0 radical (unpaired) electrons. The quantitative estimate of drug-likeness (QED) is 0.606. The minimum atomic E-state index is 0.938. The molecule has 1 aromatic rings. The normalized spacial score (nSPS) is 10.0. The molecule has 0 aliphatic rings. The van der Waals surface area contributed by atoms with E-state index in [0.29, 0.717) is 0 Å². The Hall–Kier alpha value is -0.760. The summed E-state index contributed by atoms with van der Waals surface area (Å²) >= 11 is 0. The fraction of sp³-hybridized carbons (Fsp3) is 0.429. The first-order valence-corrected chi connectivity index (χ1v) is 3.16. The van der Waals surface area contributed by atoms with Crippen LogP contribution >= 0.6 is 0 Å². The topological polar surface area (TPSA) is 29.8 Å². The van der Waals surface area contributed by atoms with Crippen molar-refractivity contribution in [1.82, 2.24) is 0 Å². The summed E-state index contributed by atoms with van der Waals surface area (Å²) in [5.74, 6) is 2.04. The van der Waals surface area contributed by atoms with Crippen LogP contribution in [0.4, 0.5) is 0 Å². The molecule has 0 saturated heterocycles. The fourth-order valence-corrected chi connectivity index (χ4v) is 0.796. The second kappa shape index (κ2) is 2.69. The van der Waals surface area contributed by atoms with Crippen molar-refractivity contribution in [2.24, 2.45) is 0 Å². The molecule has 1 rings (SSSR count).